The van der Waals surface area contributed by atoms with Gasteiger partial charge in [0, 0.05) is 24.3 Å². The van der Waals surface area contributed by atoms with Gasteiger partial charge >= 0.3 is 6.01 Å². The van der Waals surface area contributed by atoms with Crippen molar-refractivity contribution in [3.63, 3.8) is 0 Å². The first-order valence-corrected chi connectivity index (χ1v) is 7.04. The maximum Gasteiger partial charge on any atom is 0.316 e. The molecule has 22 heavy (non-hydrogen) atoms. The van der Waals surface area contributed by atoms with Crippen molar-refractivity contribution in [1.82, 2.24) is 9.97 Å². The number of nitrogens with one attached hydrogen (secondary N) is 2. The molecule has 0 aliphatic heterocycles. The van der Waals surface area contributed by atoms with Crippen LogP contribution in [0.3, 0.4) is 0 Å². The van der Waals surface area contributed by atoms with Crippen molar-refractivity contribution in [2.45, 2.75) is 20.3 Å². The Kier molecular flexibility index (Phi) is 5.59. The Morgan fingerprint density at radius 3 is 2.77 bits per heavy atom. The summed E-state index contributed by atoms with van der Waals surface area (Å²) in [5.74, 6) is 0. The van der Waals surface area contributed by atoms with Gasteiger partial charge in [-0.3, -0.25) is 0 Å². The molecule has 0 bridgehead atoms. The van der Waals surface area contributed by atoms with Crippen molar-refractivity contribution in [3.8, 4) is 6.01 Å². The van der Waals surface area contributed by atoms with Gasteiger partial charge in [-0.25, -0.2) is 15.5 Å². The fourth-order valence-electron chi connectivity index (χ4n) is 1.75. The Labute approximate surface area is 129 Å². The molecule has 0 spiro atoms. The number of ether oxygens (including phenoxy) is 1. The van der Waals surface area contributed by atoms with Crippen molar-refractivity contribution in [1.29, 1.82) is 5.53 Å². The minimum absolute atomic E-state index is 0.133. The molecule has 1 aromatic carbocycles. The average Bonchev–Trinajstić information content (AvgIpc) is 2.55. The number of benzene rings is 1. The lowest BCUT2D eigenvalue weighted by atomic mass is 10.2. The second kappa shape index (κ2) is 7.87. The van der Waals surface area contributed by atoms with E-state index in [0.717, 1.165) is 23.2 Å². The number of hydrogen-bond acceptors (Lipinski definition) is 6. The zero-order valence-corrected chi connectivity index (χ0v) is 12.7. The number of aryl methyl sites for hydroxylation is 2. The highest BCUT2D eigenvalue weighted by atomic mass is 16.5. The molecule has 2 aromatic rings. The van der Waals surface area contributed by atoms with Crippen molar-refractivity contribution < 1.29 is 4.74 Å². The van der Waals surface area contributed by atoms with Gasteiger partial charge in [0.1, 0.15) is 12.3 Å². The molecule has 0 atom stereocenters. The molecule has 0 aliphatic rings. The molecule has 0 fully saturated rings. The lowest BCUT2D eigenvalue weighted by molar-refractivity contribution is 0.320. The fraction of sp³-hybridized carbons (Fsp3) is 0.250. The van der Waals surface area contributed by atoms with Crippen LogP contribution >= 0.6 is 0 Å². The number of hydrogen-bond donors (Lipinski definition) is 2. The van der Waals surface area contributed by atoms with E-state index in [2.05, 4.69) is 20.4 Å². The Balaban J connectivity index is 1.93. The van der Waals surface area contributed by atoms with Crippen LogP contribution in [-0.2, 0) is 6.42 Å². The Morgan fingerprint density at radius 2 is 2.14 bits per heavy atom. The van der Waals surface area contributed by atoms with Gasteiger partial charge in [0.2, 0.25) is 0 Å². The molecule has 1 aromatic heterocycles. The number of anilines is 1. The van der Waals surface area contributed by atoms with Gasteiger partial charge < -0.3 is 10.1 Å². The molecule has 0 unspecified atom stereocenters. The van der Waals surface area contributed by atoms with Crippen molar-refractivity contribution >= 4 is 5.69 Å². The highest BCUT2D eigenvalue weighted by molar-refractivity contribution is 5.47. The van der Waals surface area contributed by atoms with Gasteiger partial charge in [-0.05, 0) is 36.6 Å². The van der Waals surface area contributed by atoms with Crippen LogP contribution in [0.2, 0.25) is 0 Å². The van der Waals surface area contributed by atoms with E-state index in [9.17, 15) is 0 Å². The highest BCUT2D eigenvalue weighted by Crippen LogP contribution is 2.11. The van der Waals surface area contributed by atoms with Crippen LogP contribution in [0, 0.1) is 12.5 Å². The van der Waals surface area contributed by atoms with Gasteiger partial charge in [0.25, 0.3) is 0 Å². The van der Waals surface area contributed by atoms with Crippen molar-refractivity contribution in [2.75, 3.05) is 11.9 Å². The molecule has 0 aliphatic carbocycles. The van der Waals surface area contributed by atoms with Gasteiger partial charge in [-0.2, -0.15) is 5.11 Å². The van der Waals surface area contributed by atoms with E-state index in [1.165, 1.54) is 0 Å². The van der Waals surface area contributed by atoms with Gasteiger partial charge in [-0.15, -0.1) is 0 Å². The lowest BCUT2D eigenvalue weighted by Crippen LogP contribution is -2.04. The standard InChI is InChI=1S/C16H19N5O/c1-3-13-8-19-16(20-9-13)22-11-15(21-17)10-18-14-6-4-5-12(2)7-14/h4-10,17-18H,3,11H2,1-2H3/b15-10-,21-17?. The lowest BCUT2D eigenvalue weighted by Gasteiger charge is -2.06. The van der Waals surface area contributed by atoms with Crippen molar-refractivity contribution in [3.05, 3.63) is 59.7 Å². The maximum absolute atomic E-state index is 7.19. The van der Waals surface area contributed by atoms with Crippen LogP contribution < -0.4 is 10.1 Å². The van der Waals surface area contributed by atoms with Crippen LogP contribution in [0.25, 0.3) is 0 Å². The summed E-state index contributed by atoms with van der Waals surface area (Å²) in [6.45, 7) is 4.19. The number of aromatic nitrogens is 2. The van der Waals surface area contributed by atoms with Crippen LogP contribution in [0.5, 0.6) is 6.01 Å². The molecule has 2 N–H and O–H groups in total. The van der Waals surface area contributed by atoms with E-state index < -0.39 is 0 Å². The average molecular weight is 297 g/mol. The first kappa shape index (κ1) is 15.6. The molecule has 1 heterocycles. The van der Waals surface area contributed by atoms with Gasteiger partial charge in [0.15, 0.2) is 0 Å². The molecular weight excluding hydrogens is 278 g/mol. The topological polar surface area (TPSA) is 83.2 Å². The number of nitrogens with zero attached hydrogens (tertiary/aromatic N) is 3. The quantitative estimate of drug-likeness (QED) is 0.763. The molecule has 0 amide bonds. The van der Waals surface area contributed by atoms with Gasteiger partial charge in [-0.1, -0.05) is 19.1 Å². The Bertz CT molecular complexity index is 652. The minimum atomic E-state index is 0.133. The molecule has 0 saturated carbocycles. The first-order valence-electron chi connectivity index (χ1n) is 7.04. The Morgan fingerprint density at radius 1 is 1.36 bits per heavy atom. The number of rotatable bonds is 7. The van der Waals surface area contributed by atoms with E-state index in [0.29, 0.717) is 5.70 Å². The summed E-state index contributed by atoms with van der Waals surface area (Å²) in [4.78, 5) is 8.20. The summed E-state index contributed by atoms with van der Waals surface area (Å²) < 4.78 is 5.43. The normalized spacial score (nSPS) is 11.1. The molecule has 6 nitrogen and oxygen atoms in total. The summed E-state index contributed by atoms with van der Waals surface area (Å²) in [7, 11) is 0. The smallest absolute Gasteiger partial charge is 0.316 e. The molecule has 0 radical (unpaired) electrons. The minimum Gasteiger partial charge on any atom is -0.457 e. The second-order valence-electron chi connectivity index (χ2n) is 4.78. The molecule has 2 rings (SSSR count). The zero-order valence-electron chi connectivity index (χ0n) is 12.7. The maximum atomic E-state index is 7.19. The molecule has 114 valence electrons. The van der Waals surface area contributed by atoms with E-state index in [4.69, 9.17) is 10.3 Å². The Hall–Kier alpha value is -2.76. The summed E-state index contributed by atoms with van der Waals surface area (Å²) in [5, 5.41) is 6.54. The third-order valence-corrected chi connectivity index (χ3v) is 3.01. The van der Waals surface area contributed by atoms with E-state index in [1.807, 2.05) is 38.1 Å². The summed E-state index contributed by atoms with van der Waals surface area (Å²) in [5.41, 5.74) is 10.8. The van der Waals surface area contributed by atoms with Crippen LogP contribution in [0.1, 0.15) is 18.1 Å². The van der Waals surface area contributed by atoms with Crippen LogP contribution in [0.15, 0.2) is 53.7 Å². The molecule has 6 heteroatoms. The third-order valence-electron chi connectivity index (χ3n) is 3.01. The summed E-state index contributed by atoms with van der Waals surface area (Å²) in [6, 6.07) is 8.21. The fourth-order valence-corrected chi connectivity index (χ4v) is 1.75. The van der Waals surface area contributed by atoms with E-state index in [1.54, 1.807) is 18.6 Å². The van der Waals surface area contributed by atoms with E-state index in [-0.39, 0.29) is 12.6 Å². The second-order valence-corrected chi connectivity index (χ2v) is 4.78. The monoisotopic (exact) mass is 297 g/mol. The van der Waals surface area contributed by atoms with Crippen LogP contribution in [-0.4, -0.2) is 16.6 Å². The molecular formula is C16H19N5O. The van der Waals surface area contributed by atoms with Crippen LogP contribution in [0.4, 0.5) is 5.69 Å². The third kappa shape index (κ3) is 4.66. The zero-order chi connectivity index (χ0) is 15.8. The predicted molar refractivity (Wildman–Crippen MR) is 84.9 cm³/mol. The van der Waals surface area contributed by atoms with E-state index >= 15 is 0 Å². The van der Waals surface area contributed by atoms with Gasteiger partial charge in [0.05, 0.1) is 0 Å². The summed E-state index contributed by atoms with van der Waals surface area (Å²) >= 11 is 0. The molecule has 0 saturated heterocycles. The highest BCUT2D eigenvalue weighted by Gasteiger charge is 2.01. The van der Waals surface area contributed by atoms with Crippen molar-refractivity contribution in [2.24, 2.45) is 5.11 Å². The largest absolute Gasteiger partial charge is 0.457 e. The first-order chi connectivity index (χ1) is 10.7. The SMILES string of the molecule is CCc1cnc(OC/C(=C/Nc2cccc(C)c2)N=N)nc1. The predicted octanol–water partition coefficient (Wildman–Crippen LogP) is 3.71. The summed E-state index contributed by atoms with van der Waals surface area (Å²) in [6.07, 6.45) is 5.99.